The molecule has 1 aromatic heterocycles. The molecule has 0 spiro atoms. The molecule has 0 aliphatic heterocycles. The molecule has 94 valence electrons. The second-order valence-electron chi connectivity index (χ2n) is 3.70. The molecule has 6 heteroatoms. The van der Waals surface area contributed by atoms with Gasteiger partial charge in [-0.25, -0.2) is 8.78 Å². The van der Waals surface area contributed by atoms with Crippen LogP contribution in [0.2, 0.25) is 0 Å². The van der Waals surface area contributed by atoms with Gasteiger partial charge in [0.15, 0.2) is 0 Å². The Morgan fingerprint density at radius 3 is 2.61 bits per heavy atom. The van der Waals surface area contributed by atoms with Crippen molar-refractivity contribution in [3.05, 3.63) is 45.7 Å². The number of thiol groups is 1. The van der Waals surface area contributed by atoms with Crippen molar-refractivity contribution >= 4 is 35.6 Å². The van der Waals surface area contributed by atoms with Gasteiger partial charge < -0.3 is 5.32 Å². The molecular weight excluding hydrogens is 276 g/mol. The average molecular weight is 285 g/mol. The van der Waals surface area contributed by atoms with E-state index in [4.69, 9.17) is 0 Å². The Kier molecular flexibility index (Phi) is 3.68. The predicted octanol–water partition coefficient (Wildman–Crippen LogP) is 3.88. The van der Waals surface area contributed by atoms with Crippen molar-refractivity contribution in [1.29, 1.82) is 0 Å². The number of nitrogens with one attached hydrogen (secondary N) is 1. The summed E-state index contributed by atoms with van der Waals surface area (Å²) in [4.78, 5) is 12.8. The van der Waals surface area contributed by atoms with Gasteiger partial charge in [0, 0.05) is 16.3 Å². The summed E-state index contributed by atoms with van der Waals surface area (Å²) in [6.45, 7) is 1.45. The number of aryl methyl sites for hydroxylation is 1. The quantitative estimate of drug-likeness (QED) is 0.806. The molecule has 1 aromatic carbocycles. The third kappa shape index (κ3) is 2.70. The fourth-order valence-corrected chi connectivity index (χ4v) is 2.41. The highest BCUT2D eigenvalue weighted by molar-refractivity contribution is 7.80. The summed E-state index contributed by atoms with van der Waals surface area (Å²) >= 11 is 5.26. The summed E-state index contributed by atoms with van der Waals surface area (Å²) in [5.74, 6) is -1.71. The maximum atomic E-state index is 13.5. The van der Waals surface area contributed by atoms with E-state index in [0.29, 0.717) is 9.77 Å². The summed E-state index contributed by atoms with van der Waals surface area (Å²) in [6.07, 6.45) is 0. The number of hydrogen-bond acceptors (Lipinski definition) is 3. The van der Waals surface area contributed by atoms with Gasteiger partial charge >= 0.3 is 0 Å². The molecule has 0 atom stereocenters. The minimum Gasteiger partial charge on any atom is -0.319 e. The van der Waals surface area contributed by atoms with Crippen molar-refractivity contribution in [2.75, 3.05) is 5.32 Å². The third-order valence-electron chi connectivity index (χ3n) is 2.31. The van der Waals surface area contributed by atoms with Crippen LogP contribution < -0.4 is 5.32 Å². The second kappa shape index (κ2) is 5.07. The van der Waals surface area contributed by atoms with Crippen LogP contribution in [0.15, 0.2) is 28.5 Å². The lowest BCUT2D eigenvalue weighted by molar-refractivity contribution is 0.103. The molecule has 2 nitrogen and oxygen atoms in total. The van der Waals surface area contributed by atoms with Gasteiger partial charge in [0.25, 0.3) is 5.91 Å². The zero-order valence-corrected chi connectivity index (χ0v) is 11.0. The number of benzene rings is 1. The minimum atomic E-state index is -0.662. The zero-order valence-electron chi connectivity index (χ0n) is 9.33. The molecule has 0 fully saturated rings. The van der Waals surface area contributed by atoms with Gasteiger partial charge in [0.05, 0.1) is 10.6 Å². The highest BCUT2D eigenvalue weighted by Crippen LogP contribution is 2.22. The number of halogens is 2. The van der Waals surface area contributed by atoms with Crippen molar-refractivity contribution in [3.8, 4) is 0 Å². The Hall–Kier alpha value is -1.40. The van der Waals surface area contributed by atoms with Crippen LogP contribution >= 0.6 is 24.0 Å². The van der Waals surface area contributed by atoms with Gasteiger partial charge in [0.2, 0.25) is 0 Å². The maximum Gasteiger partial charge on any atom is 0.265 e. The van der Waals surface area contributed by atoms with Gasteiger partial charge in [-0.1, -0.05) is 0 Å². The number of amides is 1. The number of carbonyl (C=O) groups is 1. The second-order valence-corrected chi connectivity index (χ2v) is 5.13. The van der Waals surface area contributed by atoms with Crippen LogP contribution in [0.5, 0.6) is 0 Å². The first-order valence-electron chi connectivity index (χ1n) is 5.02. The van der Waals surface area contributed by atoms with E-state index in [1.54, 1.807) is 11.4 Å². The molecule has 0 radical (unpaired) electrons. The Morgan fingerprint density at radius 2 is 2.00 bits per heavy atom. The van der Waals surface area contributed by atoms with Crippen molar-refractivity contribution in [3.63, 3.8) is 0 Å². The van der Waals surface area contributed by atoms with Crippen LogP contribution in [0, 0.1) is 18.6 Å². The first-order chi connectivity index (χ1) is 8.47. The van der Waals surface area contributed by atoms with E-state index in [1.807, 2.05) is 0 Å². The highest BCUT2D eigenvalue weighted by Gasteiger charge is 2.13. The van der Waals surface area contributed by atoms with Gasteiger partial charge in [-0.15, -0.1) is 24.0 Å². The van der Waals surface area contributed by atoms with Crippen LogP contribution in [0.4, 0.5) is 14.5 Å². The van der Waals surface area contributed by atoms with Gasteiger partial charge in [-0.3, -0.25) is 4.79 Å². The molecule has 2 rings (SSSR count). The molecule has 2 aromatic rings. The Bertz CT molecular complexity index is 610. The fourth-order valence-electron chi connectivity index (χ4n) is 1.37. The molecule has 1 heterocycles. The summed E-state index contributed by atoms with van der Waals surface area (Å²) in [5.41, 5.74) is 0.0245. The van der Waals surface area contributed by atoms with Crippen molar-refractivity contribution < 1.29 is 13.6 Å². The third-order valence-corrected chi connectivity index (χ3v) is 3.67. The van der Waals surface area contributed by atoms with E-state index >= 15 is 0 Å². The molecule has 0 aliphatic rings. The van der Waals surface area contributed by atoms with E-state index in [1.165, 1.54) is 18.3 Å². The molecule has 0 bridgehead atoms. The largest absolute Gasteiger partial charge is 0.319 e. The van der Waals surface area contributed by atoms with Crippen LogP contribution in [0.3, 0.4) is 0 Å². The van der Waals surface area contributed by atoms with E-state index in [2.05, 4.69) is 17.9 Å². The van der Waals surface area contributed by atoms with Gasteiger partial charge in [-0.2, -0.15) is 0 Å². The normalized spacial score (nSPS) is 10.4. The van der Waals surface area contributed by atoms with Gasteiger partial charge in [-0.05, 0) is 24.6 Å². The molecule has 0 aliphatic carbocycles. The molecule has 0 saturated carbocycles. The number of hydrogen-bond donors (Lipinski definition) is 2. The number of thiophene rings is 1. The number of rotatable bonds is 2. The fraction of sp³-hybridized carbons (Fsp3) is 0.0833. The van der Waals surface area contributed by atoms with Crippen LogP contribution in [-0.2, 0) is 0 Å². The average Bonchev–Trinajstić information content (AvgIpc) is 2.73. The smallest absolute Gasteiger partial charge is 0.265 e. The summed E-state index contributed by atoms with van der Waals surface area (Å²) in [5, 5.41) is 4.02. The van der Waals surface area contributed by atoms with Crippen LogP contribution in [0.25, 0.3) is 0 Å². The summed E-state index contributed by atoms with van der Waals surface area (Å²) in [6, 6.07) is 3.58. The lowest BCUT2D eigenvalue weighted by atomic mass is 10.2. The Balaban J connectivity index is 2.24. The molecule has 0 unspecified atom stereocenters. The van der Waals surface area contributed by atoms with Crippen molar-refractivity contribution in [2.45, 2.75) is 11.8 Å². The Labute approximate surface area is 112 Å². The SMILES string of the molecule is Cc1cc(F)c(NC(=O)c2cc(S)cs2)cc1F. The number of carbonyl (C=O) groups excluding carboxylic acids is 1. The Morgan fingerprint density at radius 1 is 1.28 bits per heavy atom. The summed E-state index contributed by atoms with van der Waals surface area (Å²) in [7, 11) is 0. The van der Waals surface area contributed by atoms with Crippen molar-refractivity contribution in [2.24, 2.45) is 0 Å². The van der Waals surface area contributed by atoms with Crippen LogP contribution in [-0.4, -0.2) is 5.91 Å². The van der Waals surface area contributed by atoms with Crippen molar-refractivity contribution in [1.82, 2.24) is 0 Å². The zero-order chi connectivity index (χ0) is 13.3. The van der Waals surface area contributed by atoms with E-state index in [9.17, 15) is 13.6 Å². The topological polar surface area (TPSA) is 29.1 Å². The first-order valence-corrected chi connectivity index (χ1v) is 6.34. The van der Waals surface area contributed by atoms with E-state index in [0.717, 1.165) is 12.1 Å². The molecular formula is C12H9F2NOS2. The first kappa shape index (κ1) is 13.0. The highest BCUT2D eigenvalue weighted by atomic mass is 32.1. The van der Waals surface area contributed by atoms with Gasteiger partial charge in [0.1, 0.15) is 11.6 Å². The number of anilines is 1. The van der Waals surface area contributed by atoms with E-state index < -0.39 is 17.5 Å². The van der Waals surface area contributed by atoms with Crippen LogP contribution in [0.1, 0.15) is 15.2 Å². The van der Waals surface area contributed by atoms with E-state index in [-0.39, 0.29) is 11.3 Å². The maximum absolute atomic E-state index is 13.5. The molecule has 1 N–H and O–H groups in total. The molecule has 0 saturated heterocycles. The predicted molar refractivity (Wildman–Crippen MR) is 70.6 cm³/mol. The molecule has 1 amide bonds. The summed E-state index contributed by atoms with van der Waals surface area (Å²) < 4.78 is 26.8. The lowest BCUT2D eigenvalue weighted by Crippen LogP contribution is -2.12. The minimum absolute atomic E-state index is 0.169. The lowest BCUT2D eigenvalue weighted by Gasteiger charge is -2.06. The molecule has 18 heavy (non-hydrogen) atoms. The standard InChI is InChI=1S/C12H9F2NOS2/c1-6-2-9(14)10(4-8(6)13)15-12(16)11-3-7(17)5-18-11/h2-5,17H,1H3,(H,15,16). The monoisotopic (exact) mass is 285 g/mol.